The molecule has 2 heterocycles. The summed E-state index contributed by atoms with van der Waals surface area (Å²) in [4.78, 5) is 27.7. The van der Waals surface area contributed by atoms with E-state index in [2.05, 4.69) is 45.9 Å². The van der Waals surface area contributed by atoms with Crippen molar-refractivity contribution in [1.29, 1.82) is 0 Å². The molecule has 0 bridgehead atoms. The van der Waals surface area contributed by atoms with Gasteiger partial charge in [0.05, 0.1) is 5.92 Å². The summed E-state index contributed by atoms with van der Waals surface area (Å²) in [5.74, 6) is 1.15. The zero-order valence-electron chi connectivity index (χ0n) is 21.4. The van der Waals surface area contributed by atoms with E-state index < -0.39 is 0 Å². The maximum Gasteiger partial charge on any atom is 0.243 e. The SMILES string of the molecule is O=C(C=CC1CCCNC1)NCCCCC1CCN(C(=O)C(c2ccccc2)c2ccccc2)CC1. The zero-order chi connectivity index (χ0) is 25.0. The average molecular weight is 488 g/mol. The van der Waals surface area contributed by atoms with Crippen molar-refractivity contribution in [3.8, 4) is 0 Å². The van der Waals surface area contributed by atoms with Crippen LogP contribution in [0.1, 0.15) is 62.0 Å². The van der Waals surface area contributed by atoms with Crippen LogP contribution in [0.2, 0.25) is 0 Å². The number of hydrogen-bond acceptors (Lipinski definition) is 3. The Morgan fingerprint density at radius 2 is 1.61 bits per heavy atom. The highest BCUT2D eigenvalue weighted by molar-refractivity contribution is 5.87. The Hall–Kier alpha value is -2.92. The van der Waals surface area contributed by atoms with Crippen LogP contribution in [0.3, 0.4) is 0 Å². The van der Waals surface area contributed by atoms with Crippen LogP contribution in [0, 0.1) is 11.8 Å². The van der Waals surface area contributed by atoms with Crippen LogP contribution in [0.5, 0.6) is 0 Å². The van der Waals surface area contributed by atoms with Gasteiger partial charge in [0.25, 0.3) is 0 Å². The fourth-order valence-corrected chi connectivity index (χ4v) is 5.49. The maximum absolute atomic E-state index is 13.6. The summed E-state index contributed by atoms with van der Waals surface area (Å²) in [5, 5.41) is 6.40. The summed E-state index contributed by atoms with van der Waals surface area (Å²) in [6.45, 7) is 4.47. The Labute approximate surface area is 216 Å². The standard InChI is InChI=1S/C31H41N3O2/c35-29(17-16-26-11-9-20-32-24-26)33-21-8-7-10-25-18-22-34(23-19-25)31(36)30(27-12-3-1-4-13-27)28-14-5-2-6-15-28/h1-6,12-17,25-26,30,32H,7-11,18-24H2,(H,33,35). The van der Waals surface area contributed by atoms with Crippen LogP contribution >= 0.6 is 0 Å². The van der Waals surface area contributed by atoms with Crippen molar-refractivity contribution in [2.45, 2.75) is 50.9 Å². The molecule has 2 aliphatic rings. The highest BCUT2D eigenvalue weighted by Gasteiger charge is 2.30. The van der Waals surface area contributed by atoms with Gasteiger partial charge in [-0.15, -0.1) is 0 Å². The molecule has 0 spiro atoms. The number of carbonyl (C=O) groups excluding carboxylic acids is 2. The first kappa shape index (κ1) is 26.2. The minimum absolute atomic E-state index is 0.0266. The molecule has 2 aromatic rings. The Bertz CT molecular complexity index is 922. The van der Waals surface area contributed by atoms with Crippen LogP contribution in [0.15, 0.2) is 72.8 Å². The maximum atomic E-state index is 13.6. The van der Waals surface area contributed by atoms with Gasteiger partial charge in [0.1, 0.15) is 0 Å². The number of carbonyl (C=O) groups is 2. The molecule has 36 heavy (non-hydrogen) atoms. The van der Waals surface area contributed by atoms with E-state index in [4.69, 9.17) is 0 Å². The molecule has 1 unspecified atom stereocenters. The van der Waals surface area contributed by atoms with E-state index >= 15 is 0 Å². The highest BCUT2D eigenvalue weighted by atomic mass is 16.2. The van der Waals surface area contributed by atoms with Crippen molar-refractivity contribution >= 4 is 11.8 Å². The molecule has 2 aromatic carbocycles. The van der Waals surface area contributed by atoms with Crippen LogP contribution in [0.4, 0.5) is 0 Å². The minimum atomic E-state index is -0.240. The Morgan fingerprint density at radius 1 is 0.944 bits per heavy atom. The van der Waals surface area contributed by atoms with Crippen molar-refractivity contribution in [1.82, 2.24) is 15.5 Å². The third-order valence-corrected chi connectivity index (χ3v) is 7.63. The van der Waals surface area contributed by atoms with Crippen molar-refractivity contribution < 1.29 is 9.59 Å². The van der Waals surface area contributed by atoms with Crippen molar-refractivity contribution in [3.05, 3.63) is 83.9 Å². The Balaban J connectivity index is 1.17. The van der Waals surface area contributed by atoms with Gasteiger partial charge in [0, 0.05) is 26.2 Å². The second-order valence-corrected chi connectivity index (χ2v) is 10.3. The molecule has 192 valence electrons. The van der Waals surface area contributed by atoms with Crippen molar-refractivity contribution in [3.63, 3.8) is 0 Å². The third-order valence-electron chi connectivity index (χ3n) is 7.63. The predicted molar refractivity (Wildman–Crippen MR) is 146 cm³/mol. The molecule has 2 fully saturated rings. The summed E-state index contributed by atoms with van der Waals surface area (Å²) >= 11 is 0. The number of benzene rings is 2. The Morgan fingerprint density at radius 3 is 2.22 bits per heavy atom. The number of nitrogens with zero attached hydrogens (tertiary/aromatic N) is 1. The summed E-state index contributed by atoms with van der Waals surface area (Å²) in [6.07, 6.45) is 11.5. The van der Waals surface area contributed by atoms with Gasteiger partial charge in [-0.2, -0.15) is 0 Å². The van der Waals surface area contributed by atoms with E-state index in [0.717, 1.165) is 69.5 Å². The summed E-state index contributed by atoms with van der Waals surface area (Å²) < 4.78 is 0. The molecule has 0 aliphatic carbocycles. The molecular weight excluding hydrogens is 446 g/mol. The molecule has 2 N–H and O–H groups in total. The normalized spacial score (nSPS) is 19.0. The highest BCUT2D eigenvalue weighted by Crippen LogP contribution is 2.30. The predicted octanol–water partition coefficient (Wildman–Crippen LogP) is 4.90. The van der Waals surface area contributed by atoms with Gasteiger partial charge in [-0.1, -0.05) is 79.6 Å². The molecule has 0 aromatic heterocycles. The van der Waals surface area contributed by atoms with Gasteiger partial charge >= 0.3 is 0 Å². The monoisotopic (exact) mass is 487 g/mol. The molecule has 1 atom stereocenters. The van der Waals surface area contributed by atoms with E-state index in [1.165, 1.54) is 19.3 Å². The summed E-state index contributed by atoms with van der Waals surface area (Å²) in [7, 11) is 0. The number of unbranched alkanes of at least 4 members (excludes halogenated alkanes) is 1. The van der Waals surface area contributed by atoms with Gasteiger partial charge in [0.15, 0.2) is 0 Å². The first-order valence-corrected chi connectivity index (χ1v) is 13.8. The number of nitrogens with one attached hydrogen (secondary N) is 2. The molecule has 2 aliphatic heterocycles. The molecule has 5 nitrogen and oxygen atoms in total. The molecule has 2 saturated heterocycles. The molecule has 2 amide bonds. The number of hydrogen-bond donors (Lipinski definition) is 2. The Kier molecular flexibility index (Phi) is 10.2. The topological polar surface area (TPSA) is 61.4 Å². The molecule has 4 rings (SSSR count). The first-order chi connectivity index (χ1) is 17.7. The average Bonchev–Trinajstić information content (AvgIpc) is 2.94. The van der Waals surface area contributed by atoms with E-state index in [1.54, 1.807) is 6.08 Å². The zero-order valence-corrected chi connectivity index (χ0v) is 21.4. The van der Waals surface area contributed by atoms with Crippen LogP contribution in [-0.4, -0.2) is 49.4 Å². The van der Waals surface area contributed by atoms with E-state index in [-0.39, 0.29) is 17.7 Å². The van der Waals surface area contributed by atoms with E-state index in [1.807, 2.05) is 36.4 Å². The lowest BCUT2D eigenvalue weighted by atomic mass is 9.87. The number of rotatable bonds is 10. The van der Waals surface area contributed by atoms with Crippen LogP contribution in [-0.2, 0) is 9.59 Å². The van der Waals surface area contributed by atoms with Crippen molar-refractivity contribution in [2.24, 2.45) is 11.8 Å². The van der Waals surface area contributed by atoms with Gasteiger partial charge in [0.2, 0.25) is 11.8 Å². The summed E-state index contributed by atoms with van der Waals surface area (Å²) in [6, 6.07) is 20.3. The fraction of sp³-hybridized carbons (Fsp3) is 0.484. The van der Waals surface area contributed by atoms with E-state index in [0.29, 0.717) is 11.8 Å². The second kappa shape index (κ2) is 14.0. The van der Waals surface area contributed by atoms with Gasteiger partial charge in [-0.25, -0.2) is 0 Å². The van der Waals surface area contributed by atoms with Gasteiger partial charge in [-0.05, 0) is 67.7 Å². The lowest BCUT2D eigenvalue weighted by molar-refractivity contribution is -0.133. The van der Waals surface area contributed by atoms with Crippen LogP contribution in [0.25, 0.3) is 0 Å². The quantitative estimate of drug-likeness (QED) is 0.370. The second-order valence-electron chi connectivity index (χ2n) is 10.3. The first-order valence-electron chi connectivity index (χ1n) is 13.8. The van der Waals surface area contributed by atoms with Gasteiger partial charge in [-0.3, -0.25) is 9.59 Å². The largest absolute Gasteiger partial charge is 0.353 e. The molecule has 5 heteroatoms. The molecule has 0 radical (unpaired) electrons. The number of amides is 2. The number of likely N-dealkylation sites (tertiary alicyclic amines) is 1. The summed E-state index contributed by atoms with van der Waals surface area (Å²) in [5.41, 5.74) is 2.12. The smallest absolute Gasteiger partial charge is 0.243 e. The van der Waals surface area contributed by atoms with Crippen LogP contribution < -0.4 is 10.6 Å². The minimum Gasteiger partial charge on any atom is -0.353 e. The van der Waals surface area contributed by atoms with E-state index in [9.17, 15) is 9.59 Å². The van der Waals surface area contributed by atoms with Crippen molar-refractivity contribution in [2.75, 3.05) is 32.7 Å². The third kappa shape index (κ3) is 7.79. The lowest BCUT2D eigenvalue weighted by Gasteiger charge is -2.34. The lowest BCUT2D eigenvalue weighted by Crippen LogP contribution is -2.41. The fourth-order valence-electron chi connectivity index (χ4n) is 5.49. The molecule has 0 saturated carbocycles. The molecular formula is C31H41N3O2. The van der Waals surface area contributed by atoms with Gasteiger partial charge < -0.3 is 15.5 Å². The number of piperidine rings is 2.